The van der Waals surface area contributed by atoms with Gasteiger partial charge >= 0.3 is 5.69 Å². The summed E-state index contributed by atoms with van der Waals surface area (Å²) in [5.41, 5.74) is -0.301. The molecule has 0 bridgehead atoms. The Morgan fingerprint density at radius 1 is 1.20 bits per heavy atom. The molecule has 0 atom stereocenters. The average molecular weight is 300 g/mol. The van der Waals surface area contributed by atoms with Gasteiger partial charge in [-0.25, -0.2) is 4.39 Å². The predicted molar refractivity (Wildman–Crippen MR) is 68.8 cm³/mol. The van der Waals surface area contributed by atoms with E-state index in [0.717, 1.165) is 12.1 Å². The van der Waals surface area contributed by atoms with Crippen LogP contribution in [0.3, 0.4) is 0 Å². The molecule has 104 valence electrons. The molecule has 2 aromatic carbocycles. The summed E-state index contributed by atoms with van der Waals surface area (Å²) in [6.45, 7) is -0.157. The second kappa shape index (κ2) is 5.83. The smallest absolute Gasteiger partial charge is 0.304 e. The summed E-state index contributed by atoms with van der Waals surface area (Å²) in [7, 11) is 0. The summed E-state index contributed by atoms with van der Waals surface area (Å²) in [5.74, 6) is -1.76. The van der Waals surface area contributed by atoms with Gasteiger partial charge in [0.05, 0.1) is 9.95 Å². The van der Waals surface area contributed by atoms with Gasteiger partial charge in [-0.15, -0.1) is 0 Å². The second-order valence-electron chi connectivity index (χ2n) is 3.88. The van der Waals surface area contributed by atoms with Crippen molar-refractivity contribution in [3.05, 3.63) is 68.7 Å². The van der Waals surface area contributed by atoms with Crippen LogP contribution in [0.1, 0.15) is 5.56 Å². The fourth-order valence-electron chi connectivity index (χ4n) is 1.56. The van der Waals surface area contributed by atoms with Gasteiger partial charge in [-0.1, -0.05) is 17.7 Å². The van der Waals surface area contributed by atoms with Gasteiger partial charge in [0.15, 0.2) is 11.6 Å². The molecule has 0 N–H and O–H groups in total. The standard InChI is InChI=1S/C13H8ClF2NO3/c14-9-2-1-3-10(15)13(9)20-7-8-4-5-12(17(18)19)11(16)6-8/h1-6H,7H2. The number of hydrogen-bond acceptors (Lipinski definition) is 3. The molecule has 4 nitrogen and oxygen atoms in total. The number of para-hydroxylation sites is 1. The number of halogens is 3. The van der Waals surface area contributed by atoms with Crippen molar-refractivity contribution in [1.29, 1.82) is 0 Å². The Labute approximate surface area is 117 Å². The van der Waals surface area contributed by atoms with Crippen molar-refractivity contribution in [2.75, 3.05) is 0 Å². The lowest BCUT2D eigenvalue weighted by atomic mass is 10.2. The molecule has 0 unspecified atom stereocenters. The highest BCUT2D eigenvalue weighted by atomic mass is 35.5. The first-order valence-corrected chi connectivity index (χ1v) is 5.86. The molecule has 0 saturated carbocycles. The molecule has 20 heavy (non-hydrogen) atoms. The molecule has 0 aliphatic carbocycles. The van der Waals surface area contributed by atoms with E-state index < -0.39 is 22.2 Å². The predicted octanol–water partition coefficient (Wildman–Crippen LogP) is 4.11. The molecule has 2 aromatic rings. The van der Waals surface area contributed by atoms with Crippen LogP contribution in [0, 0.1) is 21.7 Å². The second-order valence-corrected chi connectivity index (χ2v) is 4.29. The molecule has 0 saturated heterocycles. The van der Waals surface area contributed by atoms with E-state index in [1.807, 2.05) is 0 Å². The van der Waals surface area contributed by atoms with Gasteiger partial charge in [-0.3, -0.25) is 10.1 Å². The van der Waals surface area contributed by atoms with Crippen LogP contribution in [0.15, 0.2) is 36.4 Å². The molecule has 7 heteroatoms. The summed E-state index contributed by atoms with van der Waals surface area (Å²) in [6.07, 6.45) is 0. The van der Waals surface area contributed by atoms with Crippen molar-refractivity contribution < 1.29 is 18.4 Å². The van der Waals surface area contributed by atoms with Crippen LogP contribution in [0.2, 0.25) is 5.02 Å². The lowest BCUT2D eigenvalue weighted by Gasteiger charge is -2.09. The fourth-order valence-corrected chi connectivity index (χ4v) is 1.78. The van der Waals surface area contributed by atoms with Gasteiger partial charge < -0.3 is 4.74 Å². The van der Waals surface area contributed by atoms with E-state index in [0.29, 0.717) is 5.56 Å². The van der Waals surface area contributed by atoms with Gasteiger partial charge in [0.2, 0.25) is 5.82 Å². The number of hydrogen-bond donors (Lipinski definition) is 0. The first-order valence-electron chi connectivity index (χ1n) is 5.48. The summed E-state index contributed by atoms with van der Waals surface area (Å²) in [4.78, 5) is 9.64. The van der Waals surface area contributed by atoms with E-state index in [4.69, 9.17) is 16.3 Å². The van der Waals surface area contributed by atoms with Gasteiger partial charge in [0, 0.05) is 6.07 Å². The van der Waals surface area contributed by atoms with E-state index in [1.165, 1.54) is 24.3 Å². The van der Waals surface area contributed by atoms with Gasteiger partial charge in [-0.05, 0) is 29.8 Å². The highest BCUT2D eigenvalue weighted by Gasteiger charge is 2.14. The highest BCUT2D eigenvalue weighted by molar-refractivity contribution is 6.32. The Balaban J connectivity index is 2.16. The normalized spacial score (nSPS) is 10.3. The molecule has 0 aromatic heterocycles. The van der Waals surface area contributed by atoms with Gasteiger partial charge in [0.1, 0.15) is 6.61 Å². The van der Waals surface area contributed by atoms with E-state index in [9.17, 15) is 18.9 Å². The molecule has 0 heterocycles. The quantitative estimate of drug-likeness (QED) is 0.630. The third-order valence-corrected chi connectivity index (χ3v) is 2.81. The van der Waals surface area contributed by atoms with Crippen molar-refractivity contribution >= 4 is 17.3 Å². The minimum absolute atomic E-state index is 0.0902. The number of nitro benzene ring substituents is 1. The zero-order valence-electron chi connectivity index (χ0n) is 9.98. The monoisotopic (exact) mass is 299 g/mol. The Morgan fingerprint density at radius 2 is 1.95 bits per heavy atom. The molecule has 0 radical (unpaired) electrons. The van der Waals surface area contributed by atoms with Gasteiger partial charge in [0.25, 0.3) is 0 Å². The van der Waals surface area contributed by atoms with Crippen LogP contribution in [-0.2, 0) is 6.61 Å². The Bertz CT molecular complexity index is 644. The number of ether oxygens (including phenoxy) is 1. The Morgan fingerprint density at radius 3 is 2.55 bits per heavy atom. The highest BCUT2D eigenvalue weighted by Crippen LogP contribution is 2.28. The van der Waals surface area contributed by atoms with Crippen LogP contribution < -0.4 is 4.74 Å². The number of rotatable bonds is 4. The van der Waals surface area contributed by atoms with E-state index in [-0.39, 0.29) is 17.4 Å². The zero-order chi connectivity index (χ0) is 14.7. The minimum Gasteiger partial charge on any atom is -0.484 e. The van der Waals surface area contributed by atoms with Gasteiger partial charge in [-0.2, -0.15) is 4.39 Å². The molecule has 0 amide bonds. The SMILES string of the molecule is O=[N+]([O-])c1ccc(COc2c(F)cccc2Cl)cc1F. The molecule has 0 fully saturated rings. The summed E-state index contributed by atoms with van der Waals surface area (Å²) in [6, 6.07) is 7.38. The number of benzene rings is 2. The lowest BCUT2D eigenvalue weighted by molar-refractivity contribution is -0.387. The maximum Gasteiger partial charge on any atom is 0.304 e. The number of nitro groups is 1. The molecular weight excluding hydrogens is 292 g/mol. The van der Waals surface area contributed by atoms with Crippen LogP contribution in [0.4, 0.5) is 14.5 Å². The number of nitrogens with zero attached hydrogens (tertiary/aromatic N) is 1. The Kier molecular flexibility index (Phi) is 4.14. The van der Waals surface area contributed by atoms with Crippen molar-refractivity contribution in [2.45, 2.75) is 6.61 Å². The molecule has 0 spiro atoms. The van der Waals surface area contributed by atoms with Crippen molar-refractivity contribution in [2.24, 2.45) is 0 Å². The molecule has 0 aliphatic heterocycles. The van der Waals surface area contributed by atoms with E-state index >= 15 is 0 Å². The maximum atomic E-state index is 13.4. The van der Waals surface area contributed by atoms with Crippen LogP contribution in [0.5, 0.6) is 5.75 Å². The van der Waals surface area contributed by atoms with Crippen LogP contribution in [0.25, 0.3) is 0 Å². The first kappa shape index (κ1) is 14.2. The molecule has 0 aliphatic rings. The summed E-state index contributed by atoms with van der Waals surface area (Å²) < 4.78 is 32.0. The summed E-state index contributed by atoms with van der Waals surface area (Å²) in [5, 5.41) is 10.6. The van der Waals surface area contributed by atoms with Crippen molar-refractivity contribution in [3.63, 3.8) is 0 Å². The van der Waals surface area contributed by atoms with Crippen LogP contribution >= 0.6 is 11.6 Å². The third-order valence-electron chi connectivity index (χ3n) is 2.51. The first-order chi connectivity index (χ1) is 9.49. The van der Waals surface area contributed by atoms with Crippen molar-refractivity contribution in [1.82, 2.24) is 0 Å². The van der Waals surface area contributed by atoms with Crippen LogP contribution in [-0.4, -0.2) is 4.92 Å². The largest absolute Gasteiger partial charge is 0.484 e. The zero-order valence-corrected chi connectivity index (χ0v) is 10.7. The fraction of sp³-hybridized carbons (Fsp3) is 0.0769. The topological polar surface area (TPSA) is 52.4 Å². The maximum absolute atomic E-state index is 13.4. The molecule has 2 rings (SSSR count). The third kappa shape index (κ3) is 3.03. The van der Waals surface area contributed by atoms with E-state index in [1.54, 1.807) is 0 Å². The Hall–Kier alpha value is -2.21. The van der Waals surface area contributed by atoms with E-state index in [2.05, 4.69) is 0 Å². The van der Waals surface area contributed by atoms with Crippen molar-refractivity contribution in [3.8, 4) is 5.75 Å². The average Bonchev–Trinajstić information content (AvgIpc) is 2.37. The minimum atomic E-state index is -0.976. The molecular formula is C13H8ClF2NO3. The lowest BCUT2D eigenvalue weighted by Crippen LogP contribution is -2.00. The summed E-state index contributed by atoms with van der Waals surface area (Å²) >= 11 is 5.77.